The largest absolute Gasteiger partial charge is 0.477 e. The summed E-state index contributed by atoms with van der Waals surface area (Å²) >= 11 is -1.19. The van der Waals surface area contributed by atoms with Crippen LogP contribution in [0.4, 0.5) is 222 Å². The van der Waals surface area contributed by atoms with Crippen molar-refractivity contribution in [2.75, 3.05) is 5.32 Å². The van der Waals surface area contributed by atoms with Crippen LogP contribution in [0.15, 0.2) is 20.6 Å². The molecule has 0 saturated heterocycles. The monoisotopic (exact) mass is 1770 g/mol. The molecule has 0 aliphatic carbocycles. The summed E-state index contributed by atoms with van der Waals surface area (Å²) < 4.78 is 752. The number of carbonyl (C=O) groups is 1. The molecule has 6 aliphatic rings. The number of carboxylic acids is 1. The number of aliphatic imine (C=N–C) groups is 1. The van der Waals surface area contributed by atoms with E-state index in [1.807, 2.05) is 0 Å². The van der Waals surface area contributed by atoms with Crippen LogP contribution in [0, 0.1) is 46.2 Å². The average Bonchev–Trinajstić information content (AvgIpc) is 1.55. The molecule has 115 heavy (non-hydrogen) atoms. The molecule has 12 bridgehead atoms. The first-order valence-electron chi connectivity index (χ1n) is 28.3. The maximum absolute atomic E-state index is 18.5. The van der Waals surface area contributed by atoms with Gasteiger partial charge in [0, 0.05) is 15.4 Å². The van der Waals surface area contributed by atoms with Crippen molar-refractivity contribution in [2.24, 2.45) is 15.0 Å². The van der Waals surface area contributed by atoms with Gasteiger partial charge < -0.3 is 10.4 Å². The van der Waals surface area contributed by atoms with Crippen LogP contribution in [0.2, 0.25) is 0 Å². The number of fused-ring (bicyclic) bond motifs is 4. The predicted molar refractivity (Wildman–Crippen MR) is 272 cm³/mol. The van der Waals surface area contributed by atoms with Crippen molar-refractivity contribution in [3.8, 4) is 6.07 Å². The number of nitrogens with zero attached hydrogens (tertiary/aromatic N) is 8. The molecule has 628 valence electrons. The number of aromatic nitrogens is 2. The van der Waals surface area contributed by atoms with Crippen LogP contribution in [-0.2, 0) is 51.7 Å². The van der Waals surface area contributed by atoms with Crippen molar-refractivity contribution in [3.05, 3.63) is 118 Å². The number of hydrogen-bond acceptors (Lipinski definition) is 8. The fourth-order valence-electron chi connectivity index (χ4n) is 12.8. The highest BCUT2D eigenvalue weighted by molar-refractivity contribution is 7.20. The lowest BCUT2D eigenvalue weighted by molar-refractivity contribution is -0.786. The minimum Gasteiger partial charge on any atom is -0.477 e. The Bertz CT molecular complexity index is 5570. The van der Waals surface area contributed by atoms with Crippen LogP contribution >= 0.6 is 11.3 Å². The zero-order valence-corrected chi connectivity index (χ0v) is 52.7. The second-order valence-electron chi connectivity index (χ2n) is 24.2. The number of rotatable bonds is 8. The van der Waals surface area contributed by atoms with Crippen LogP contribution in [0.5, 0.6) is 0 Å². The Morgan fingerprint density at radius 1 is 0.452 bits per heavy atom. The van der Waals surface area contributed by atoms with Crippen LogP contribution in [0.1, 0.15) is 79.2 Å². The molecule has 6 aromatic rings. The number of nitriles is 1. The van der Waals surface area contributed by atoms with Gasteiger partial charge in [0.15, 0.2) is 11.3 Å². The molecule has 2 unspecified atom stereocenters. The van der Waals surface area contributed by atoms with Gasteiger partial charge in [-0.3, -0.25) is 9.13 Å². The van der Waals surface area contributed by atoms with E-state index < -0.39 is 337 Å². The summed E-state index contributed by atoms with van der Waals surface area (Å²) in [6, 6.07) is 0.596. The number of nitrogens with one attached hydrogen (secondary N) is 2. The van der Waals surface area contributed by atoms with E-state index in [9.17, 15) is 15.2 Å². The standard InChI is InChI=1S/C54H8F48N10O2S/c1-37(61,44(70,71)72)15-16(38(62,45(73,74)75)46(76,77)78)24(58)10-9(21(15)55)34-107-35-27-13(14(43(67,68)69)6(115-27)2-5(3-103)36(113)114)30-106-33-12-11(25(59)19(41(65,51(91,92)93)52(94,95)96)20(26(12)60)42(66,53(97,98)99)54(100,101)102)32-105-29-8-7(28(109(29)4-110(30)35)104-31(10)112(34)108-111(32)33)22(56)17(39(63,47(79,80)81)48(82,83)84)18(23(8)57)40(64,49(85,86)87)50(88,89)90/h2,32H,4H2,1H3,(H-,105,107,108,113,114)/p+2. The highest BCUT2D eigenvalue weighted by Crippen LogP contribution is 2.68. The van der Waals surface area contributed by atoms with E-state index >= 15 is 211 Å². The van der Waals surface area contributed by atoms with Crippen molar-refractivity contribution in [1.82, 2.24) is 14.7 Å². The SMILES string of the molecule is CC(F)(c1c(F)c2c(c(F)c1C(F)(C(F)(F)F)C(F)(F)F)C1=Nc3c4c(F)c(C(F)(C(F)(F)F)C(F)(F)F)c(C(F)(C(F)(F)F)C(F)(F)F)c(F)c4c4n3Cn3c5c6sc(C=C(C#N)C(=O)O)c(C(F)(F)F)c6c3=NC3=[N+](N[N+]1=C2N=5)C(N4)c1c(F)c(C(F)(C(F)(F)F)C(F)(F)F)c(C(F)(C(F)(F)F)C(F)(F)F)c(F)c13)C(F)(F)F. The number of amidine groups is 3. The maximum Gasteiger partial charge on any atom is 0.436 e. The number of anilines is 1. The molecular weight excluding hydrogens is 1760 g/mol. The van der Waals surface area contributed by atoms with Gasteiger partial charge in [-0.25, -0.2) is 57.5 Å². The first-order valence-corrected chi connectivity index (χ1v) is 29.1. The smallest absolute Gasteiger partial charge is 0.436 e. The number of hydrogen-bond donors (Lipinski definition) is 3. The number of aliphatic carboxylic acids is 1. The van der Waals surface area contributed by atoms with Crippen LogP contribution in [0.25, 0.3) is 26.9 Å². The van der Waals surface area contributed by atoms with Crippen molar-refractivity contribution < 1.29 is 230 Å². The van der Waals surface area contributed by atoms with Crippen LogP contribution in [0.3, 0.4) is 0 Å². The average molecular weight is 1770 g/mol. The summed E-state index contributed by atoms with van der Waals surface area (Å²) in [5.74, 6) is -49.2. The van der Waals surface area contributed by atoms with Crippen molar-refractivity contribution >= 4 is 73.4 Å². The molecule has 0 amide bonds. The molecule has 9 heterocycles. The normalized spacial score (nSPS) is 17.8. The van der Waals surface area contributed by atoms with Gasteiger partial charge in [-0.05, 0) is 18.5 Å². The van der Waals surface area contributed by atoms with Crippen molar-refractivity contribution in [3.63, 3.8) is 0 Å². The molecule has 61 heteroatoms. The third-order valence-corrected chi connectivity index (χ3v) is 19.0. The summed E-state index contributed by atoms with van der Waals surface area (Å²) in [5.41, 5.74) is -108. The Morgan fingerprint density at radius 2 is 0.817 bits per heavy atom. The quantitative estimate of drug-likeness (QED) is 0.0603. The molecule has 3 aromatic carbocycles. The lowest BCUT2D eigenvalue weighted by atomic mass is 9.78. The topological polar surface area (TPSA) is 138 Å². The number of alkyl halides is 42. The fraction of sp³-hybridized carbons (Fsp3) is 0.389. The Kier molecular flexibility index (Phi) is 17.8. The summed E-state index contributed by atoms with van der Waals surface area (Å²) in [6.45, 7) is -4.76. The Balaban J connectivity index is 1.64. The summed E-state index contributed by atoms with van der Waals surface area (Å²) in [5, 5.41) is 9.42. The summed E-state index contributed by atoms with van der Waals surface area (Å²) in [6.07, 6.45) is -108. The van der Waals surface area contributed by atoms with Gasteiger partial charge in [-0.1, -0.05) is 9.37 Å². The molecule has 0 fully saturated rings. The molecule has 2 atom stereocenters. The Labute approximate surface area is 594 Å². The maximum atomic E-state index is 18.5. The number of hydrazone groups is 2. The lowest BCUT2D eigenvalue weighted by Gasteiger charge is -2.37. The highest BCUT2D eigenvalue weighted by atomic mass is 32.1. The number of thiophene rings is 1. The number of carboxylic acid groups (broad SMARTS) is 1. The fourth-order valence-corrected chi connectivity index (χ4v) is 14.1. The minimum atomic E-state index is -8.92. The third-order valence-electron chi connectivity index (χ3n) is 17.8. The van der Waals surface area contributed by atoms with E-state index in [-0.39, 0.29) is 0 Å². The predicted octanol–water partition coefficient (Wildman–Crippen LogP) is 18.6. The molecule has 3 aromatic heterocycles. The number of hydrazine groups is 2. The second kappa shape index (κ2) is 23.9. The lowest BCUT2D eigenvalue weighted by Crippen LogP contribution is -2.57. The van der Waals surface area contributed by atoms with Gasteiger partial charge in [-0.15, -0.1) is 11.3 Å². The van der Waals surface area contributed by atoms with Gasteiger partial charge in [0.1, 0.15) is 75.7 Å². The van der Waals surface area contributed by atoms with E-state index in [1.165, 1.54) is 0 Å². The first kappa shape index (κ1) is 85.9. The molecular formula is C54H10F48N10O2S+2. The van der Waals surface area contributed by atoms with E-state index in [1.54, 1.807) is 0 Å². The first-order chi connectivity index (χ1) is 51.2. The van der Waals surface area contributed by atoms with Crippen LogP contribution in [-0.4, -0.2) is 115 Å². The van der Waals surface area contributed by atoms with Crippen molar-refractivity contribution in [1.29, 1.82) is 5.26 Å². The zero-order valence-electron chi connectivity index (χ0n) is 51.8. The number of halogens is 48. The molecule has 0 saturated carbocycles. The van der Waals surface area contributed by atoms with E-state index in [0.717, 1.165) is 5.53 Å². The third kappa shape index (κ3) is 10.8. The van der Waals surface area contributed by atoms with Gasteiger partial charge in [0.05, 0.1) is 59.8 Å². The summed E-state index contributed by atoms with van der Waals surface area (Å²) in [7, 11) is 0. The second-order valence-corrected chi connectivity index (χ2v) is 25.2. The minimum absolute atomic E-state index is 0.596. The molecule has 6 aliphatic heterocycles. The molecule has 12 rings (SSSR count). The molecule has 12 nitrogen and oxygen atoms in total. The Morgan fingerprint density at radius 3 is 1.20 bits per heavy atom. The summed E-state index contributed by atoms with van der Waals surface area (Å²) in [4.78, 5) is 19.1. The van der Waals surface area contributed by atoms with Crippen LogP contribution < -0.4 is 21.8 Å². The Hall–Kier alpha value is -10.0. The molecule has 3 N–H and O–H groups in total. The number of benzene rings is 3. The van der Waals surface area contributed by atoms with E-state index in [4.69, 9.17) is 0 Å². The van der Waals surface area contributed by atoms with Gasteiger partial charge in [-0.2, -0.15) is 173 Å². The molecule has 0 radical (unpaired) electrons. The van der Waals surface area contributed by atoms with E-state index in [0.29, 0.717) is 11.4 Å². The zero-order chi connectivity index (χ0) is 88.1. The van der Waals surface area contributed by atoms with Gasteiger partial charge in [0.2, 0.25) is 5.67 Å². The highest BCUT2D eigenvalue weighted by Gasteiger charge is 2.85. The van der Waals surface area contributed by atoms with E-state index in [2.05, 4.69) is 15.0 Å². The van der Waals surface area contributed by atoms with Gasteiger partial charge in [0.25, 0.3) is 23.3 Å². The van der Waals surface area contributed by atoms with Crippen molar-refractivity contribution in [2.45, 2.75) is 128 Å². The molecule has 0 spiro atoms. The van der Waals surface area contributed by atoms with Gasteiger partial charge >= 0.3 is 114 Å².